The molecule has 19 heavy (non-hydrogen) atoms. The Kier molecular flexibility index (Phi) is 3.47. The molecule has 0 saturated carbocycles. The molecule has 3 rings (SSSR count). The fourth-order valence-electron chi connectivity index (χ4n) is 2.28. The van der Waals surface area contributed by atoms with Crippen LogP contribution in [0.15, 0.2) is 58.8 Å². The first-order valence-electron chi connectivity index (χ1n) is 6.45. The predicted molar refractivity (Wildman–Crippen MR) is 80.8 cm³/mol. The van der Waals surface area contributed by atoms with Gasteiger partial charge in [-0.3, -0.25) is 4.79 Å². The second-order valence-corrected chi connectivity index (χ2v) is 5.55. The third-order valence-electron chi connectivity index (χ3n) is 3.30. The maximum atomic E-state index is 12.2. The molecule has 0 bridgehead atoms. The van der Waals surface area contributed by atoms with E-state index >= 15 is 0 Å². The molecule has 0 aliphatic heterocycles. The van der Waals surface area contributed by atoms with Crippen LogP contribution >= 0.6 is 11.3 Å². The van der Waals surface area contributed by atoms with Crippen LogP contribution in [0.5, 0.6) is 0 Å². The molecule has 0 N–H and O–H groups in total. The molecule has 0 aliphatic carbocycles. The monoisotopic (exact) mass is 269 g/mol. The number of benzene rings is 1. The van der Waals surface area contributed by atoms with Gasteiger partial charge in [-0.2, -0.15) is 0 Å². The van der Waals surface area contributed by atoms with Crippen molar-refractivity contribution < 1.29 is 0 Å². The standard InChI is InChI=1S/C16H15NOS/c18-16-14-9-12-19-15(14)8-11-17(16)10-4-7-13-5-2-1-3-6-13/h1-3,5-6,8-9,11-12H,4,7,10H2. The van der Waals surface area contributed by atoms with E-state index < -0.39 is 0 Å². The zero-order chi connectivity index (χ0) is 13.1. The minimum Gasteiger partial charge on any atom is -0.315 e. The van der Waals surface area contributed by atoms with Gasteiger partial charge in [-0.15, -0.1) is 11.3 Å². The van der Waals surface area contributed by atoms with Gasteiger partial charge in [-0.25, -0.2) is 0 Å². The van der Waals surface area contributed by atoms with Crippen LogP contribution in [0, 0.1) is 0 Å². The predicted octanol–water partition coefficient (Wildman–Crippen LogP) is 3.70. The van der Waals surface area contributed by atoms with Gasteiger partial charge in [0.15, 0.2) is 0 Å². The zero-order valence-corrected chi connectivity index (χ0v) is 11.4. The first kappa shape index (κ1) is 12.2. The third kappa shape index (κ3) is 2.61. The minimum atomic E-state index is 0.131. The topological polar surface area (TPSA) is 22.0 Å². The zero-order valence-electron chi connectivity index (χ0n) is 10.6. The lowest BCUT2D eigenvalue weighted by Gasteiger charge is -2.05. The first-order valence-corrected chi connectivity index (χ1v) is 7.33. The summed E-state index contributed by atoms with van der Waals surface area (Å²) in [5.74, 6) is 0. The van der Waals surface area contributed by atoms with E-state index in [-0.39, 0.29) is 5.56 Å². The highest BCUT2D eigenvalue weighted by Gasteiger charge is 2.03. The Morgan fingerprint density at radius 1 is 1.05 bits per heavy atom. The summed E-state index contributed by atoms with van der Waals surface area (Å²) in [4.78, 5) is 12.2. The molecule has 3 aromatic rings. The molecule has 0 spiro atoms. The van der Waals surface area contributed by atoms with Crippen LogP contribution in [-0.4, -0.2) is 4.57 Å². The number of nitrogens with zero attached hydrogens (tertiary/aromatic N) is 1. The summed E-state index contributed by atoms with van der Waals surface area (Å²) in [6.45, 7) is 0.777. The summed E-state index contributed by atoms with van der Waals surface area (Å²) in [6, 6.07) is 14.3. The maximum Gasteiger partial charge on any atom is 0.259 e. The van der Waals surface area contributed by atoms with E-state index in [1.807, 2.05) is 34.3 Å². The summed E-state index contributed by atoms with van der Waals surface area (Å²) >= 11 is 1.62. The molecule has 0 radical (unpaired) electrons. The molecule has 0 fully saturated rings. The second-order valence-electron chi connectivity index (χ2n) is 4.60. The number of aromatic nitrogens is 1. The van der Waals surface area contributed by atoms with Gasteiger partial charge in [0.2, 0.25) is 0 Å². The van der Waals surface area contributed by atoms with Crippen molar-refractivity contribution in [3.05, 3.63) is 70.0 Å². The van der Waals surface area contributed by atoms with Gasteiger partial charge < -0.3 is 4.57 Å². The van der Waals surface area contributed by atoms with Gasteiger partial charge in [0.25, 0.3) is 5.56 Å². The van der Waals surface area contributed by atoms with Crippen molar-refractivity contribution in [2.45, 2.75) is 19.4 Å². The van der Waals surface area contributed by atoms with Gasteiger partial charge in [-0.1, -0.05) is 30.3 Å². The summed E-state index contributed by atoms with van der Waals surface area (Å²) in [5, 5.41) is 2.81. The molecule has 0 unspecified atom stereocenters. The molecule has 0 amide bonds. The molecular formula is C16H15NOS. The Bertz CT molecular complexity index is 727. The van der Waals surface area contributed by atoms with E-state index in [0.29, 0.717) is 0 Å². The molecule has 96 valence electrons. The van der Waals surface area contributed by atoms with E-state index in [0.717, 1.165) is 29.5 Å². The van der Waals surface area contributed by atoms with E-state index in [1.54, 1.807) is 11.3 Å². The summed E-state index contributed by atoms with van der Waals surface area (Å²) < 4.78 is 2.89. The molecule has 0 saturated heterocycles. The van der Waals surface area contributed by atoms with Gasteiger partial charge in [0.1, 0.15) is 0 Å². The van der Waals surface area contributed by atoms with Crippen LogP contribution in [0.3, 0.4) is 0 Å². The van der Waals surface area contributed by atoms with Gasteiger partial charge in [-0.05, 0) is 35.9 Å². The average molecular weight is 269 g/mol. The Labute approximate surface area is 115 Å². The molecule has 3 heteroatoms. The number of rotatable bonds is 4. The Morgan fingerprint density at radius 2 is 1.89 bits per heavy atom. The third-order valence-corrected chi connectivity index (χ3v) is 4.18. The highest BCUT2D eigenvalue weighted by molar-refractivity contribution is 7.17. The largest absolute Gasteiger partial charge is 0.315 e. The number of thiophene rings is 1. The highest BCUT2D eigenvalue weighted by Crippen LogP contribution is 2.16. The van der Waals surface area contributed by atoms with Crippen molar-refractivity contribution in [1.29, 1.82) is 0 Å². The van der Waals surface area contributed by atoms with E-state index in [9.17, 15) is 4.79 Å². The maximum absolute atomic E-state index is 12.2. The highest BCUT2D eigenvalue weighted by atomic mass is 32.1. The van der Waals surface area contributed by atoms with Crippen LogP contribution in [0.1, 0.15) is 12.0 Å². The minimum absolute atomic E-state index is 0.131. The molecule has 0 aliphatic rings. The number of hydrogen-bond acceptors (Lipinski definition) is 2. The quantitative estimate of drug-likeness (QED) is 0.708. The average Bonchev–Trinajstić information content (AvgIpc) is 2.92. The Hall–Kier alpha value is -1.87. The molecule has 2 nitrogen and oxygen atoms in total. The van der Waals surface area contributed by atoms with Gasteiger partial charge in [0, 0.05) is 17.4 Å². The summed E-state index contributed by atoms with van der Waals surface area (Å²) in [5.41, 5.74) is 1.46. The van der Waals surface area contributed by atoms with Crippen LogP contribution in [-0.2, 0) is 13.0 Å². The lowest BCUT2D eigenvalue weighted by atomic mass is 10.1. The van der Waals surface area contributed by atoms with Crippen LogP contribution in [0.2, 0.25) is 0 Å². The normalized spacial score (nSPS) is 10.9. The van der Waals surface area contributed by atoms with Crippen molar-refractivity contribution in [2.24, 2.45) is 0 Å². The fourth-order valence-corrected chi connectivity index (χ4v) is 3.05. The van der Waals surface area contributed by atoms with Crippen LogP contribution in [0.25, 0.3) is 10.1 Å². The Balaban J connectivity index is 1.72. The van der Waals surface area contributed by atoms with Gasteiger partial charge in [0.05, 0.1) is 5.39 Å². The van der Waals surface area contributed by atoms with E-state index in [4.69, 9.17) is 0 Å². The van der Waals surface area contributed by atoms with Crippen molar-refractivity contribution in [3.63, 3.8) is 0 Å². The molecule has 0 atom stereocenters. The Morgan fingerprint density at radius 3 is 2.74 bits per heavy atom. The number of fused-ring (bicyclic) bond motifs is 1. The molecular weight excluding hydrogens is 254 g/mol. The van der Waals surface area contributed by atoms with E-state index in [2.05, 4.69) is 24.3 Å². The van der Waals surface area contributed by atoms with E-state index in [1.165, 1.54) is 5.56 Å². The lowest BCUT2D eigenvalue weighted by molar-refractivity contribution is 0.627. The van der Waals surface area contributed by atoms with Crippen molar-refractivity contribution in [1.82, 2.24) is 4.57 Å². The second kappa shape index (κ2) is 5.41. The number of aryl methyl sites for hydroxylation is 2. The summed E-state index contributed by atoms with van der Waals surface area (Å²) in [7, 11) is 0. The van der Waals surface area contributed by atoms with Crippen molar-refractivity contribution in [2.75, 3.05) is 0 Å². The number of pyridine rings is 1. The number of hydrogen-bond donors (Lipinski definition) is 0. The van der Waals surface area contributed by atoms with Crippen LogP contribution < -0.4 is 5.56 Å². The van der Waals surface area contributed by atoms with Crippen LogP contribution in [0.4, 0.5) is 0 Å². The van der Waals surface area contributed by atoms with Crippen molar-refractivity contribution >= 4 is 21.4 Å². The molecule has 2 heterocycles. The van der Waals surface area contributed by atoms with Crippen molar-refractivity contribution in [3.8, 4) is 0 Å². The molecule has 1 aromatic carbocycles. The molecule has 2 aromatic heterocycles. The summed E-state index contributed by atoms with van der Waals surface area (Å²) in [6.07, 6.45) is 3.90. The van der Waals surface area contributed by atoms with Gasteiger partial charge >= 0.3 is 0 Å². The fraction of sp³-hybridized carbons (Fsp3) is 0.188. The lowest BCUT2D eigenvalue weighted by Crippen LogP contribution is -2.19. The smallest absolute Gasteiger partial charge is 0.259 e. The SMILES string of the molecule is O=c1c2ccsc2ccn1CCCc1ccccc1. The first-order chi connectivity index (χ1) is 9.34.